The van der Waals surface area contributed by atoms with Crippen molar-refractivity contribution >= 4 is 28.7 Å². The Balaban J connectivity index is 0.00000456. The van der Waals surface area contributed by atoms with Crippen LogP contribution in [0.1, 0.15) is 40.7 Å². The second-order valence-electron chi connectivity index (χ2n) is 8.99. The number of fused-ring (bicyclic) bond motifs is 1. The number of rotatable bonds is 10. The molecule has 0 spiro atoms. The molecule has 0 aliphatic carbocycles. The molecule has 7 nitrogen and oxygen atoms in total. The first-order valence-corrected chi connectivity index (χ1v) is 11.6. The van der Waals surface area contributed by atoms with Crippen molar-refractivity contribution in [2.24, 2.45) is 0 Å². The molecule has 1 atom stereocenters. The molecule has 3 rings (SSSR count). The topological polar surface area (TPSA) is 94.5 Å². The maximum Gasteiger partial charge on any atom is 0.258 e. The van der Waals surface area contributed by atoms with E-state index >= 15 is 0 Å². The van der Waals surface area contributed by atoms with Gasteiger partial charge in [-0.25, -0.2) is 0 Å². The Morgan fingerprint density at radius 3 is 2.33 bits per heavy atom. The number of hydrogen-bond acceptors (Lipinski definition) is 5. The summed E-state index contributed by atoms with van der Waals surface area (Å²) in [6.07, 6.45) is 3.43. The van der Waals surface area contributed by atoms with E-state index in [-0.39, 0.29) is 70.0 Å². The zero-order valence-electron chi connectivity index (χ0n) is 21.4. The molecule has 0 saturated carbocycles. The molecule has 2 aromatic carbocycles. The van der Waals surface area contributed by atoms with Gasteiger partial charge in [-0.15, -0.1) is 0 Å². The summed E-state index contributed by atoms with van der Waals surface area (Å²) >= 11 is 0. The van der Waals surface area contributed by atoms with Crippen molar-refractivity contribution in [3.05, 3.63) is 74.7 Å². The molecule has 187 valence electrons. The van der Waals surface area contributed by atoms with Gasteiger partial charge in [-0.05, 0) is 80.8 Å². The number of ether oxygens (including phenoxy) is 1. The first kappa shape index (κ1) is 29.6. The van der Waals surface area contributed by atoms with Crippen LogP contribution in [0.2, 0.25) is 0 Å². The summed E-state index contributed by atoms with van der Waals surface area (Å²) < 4.78 is 7.18. The van der Waals surface area contributed by atoms with Gasteiger partial charge < -0.3 is 19.4 Å². The van der Waals surface area contributed by atoms with Crippen molar-refractivity contribution in [3.63, 3.8) is 0 Å². The van der Waals surface area contributed by atoms with Crippen LogP contribution >= 0.6 is 0 Å². The molecule has 3 aromatic rings. The van der Waals surface area contributed by atoms with Gasteiger partial charge in [0.15, 0.2) is 5.78 Å². The van der Waals surface area contributed by atoms with Crippen LogP contribution in [-0.2, 0) is 53.6 Å². The molecule has 0 saturated heterocycles. The smallest absolute Gasteiger partial charge is 0.258 e. The molecule has 1 unspecified atom stereocenters. The van der Waals surface area contributed by atoms with E-state index in [0.29, 0.717) is 11.1 Å². The van der Waals surface area contributed by atoms with Gasteiger partial charge in [-0.2, -0.15) is 6.42 Å². The fourth-order valence-electron chi connectivity index (χ4n) is 4.07. The van der Waals surface area contributed by atoms with Crippen molar-refractivity contribution in [2.45, 2.75) is 60.0 Å². The third-order valence-corrected chi connectivity index (χ3v) is 6.36. The van der Waals surface area contributed by atoms with Crippen LogP contribution in [0.5, 0.6) is 5.75 Å². The number of aromatic nitrogens is 1. The quantitative estimate of drug-likeness (QED) is 0.380. The molecule has 0 aliphatic rings. The Kier molecular flexibility index (Phi) is 10.7. The largest absolute Gasteiger partial charge is 0.542 e. The van der Waals surface area contributed by atoms with Crippen LogP contribution in [0.4, 0.5) is 0 Å². The number of benzene rings is 2. The van der Waals surface area contributed by atoms with E-state index in [4.69, 9.17) is 4.74 Å². The van der Waals surface area contributed by atoms with Gasteiger partial charge in [-0.1, -0.05) is 23.8 Å². The summed E-state index contributed by atoms with van der Waals surface area (Å²) in [4.78, 5) is 49.4. The van der Waals surface area contributed by atoms with E-state index in [9.17, 15) is 19.2 Å². The molecule has 0 fully saturated rings. The van der Waals surface area contributed by atoms with Crippen molar-refractivity contribution in [3.8, 4) is 5.75 Å². The fraction of sp³-hybridized carbons (Fsp3) is 0.357. The number of nitrogens with one attached hydrogen (secondary N) is 1. The molecule has 0 aliphatic heterocycles. The number of ketones is 1. The van der Waals surface area contributed by atoms with Crippen molar-refractivity contribution in [1.29, 1.82) is 0 Å². The molecular weight excluding hydrogens is 533 g/mol. The minimum absolute atomic E-state index is 0. The Morgan fingerprint density at radius 1 is 1.03 bits per heavy atom. The maximum atomic E-state index is 12.9. The number of carbonyl (C=O) groups excluding carboxylic acids is 3. The second kappa shape index (κ2) is 13.1. The van der Waals surface area contributed by atoms with E-state index in [0.717, 1.165) is 33.2 Å². The van der Waals surface area contributed by atoms with Gasteiger partial charge in [-0.3, -0.25) is 20.7 Å². The zero-order valence-corrected chi connectivity index (χ0v) is 24.3. The monoisotopic (exact) mass is 564 g/mol. The minimum atomic E-state index is -0.922. The number of pyridine rings is 1. The van der Waals surface area contributed by atoms with E-state index < -0.39 is 11.9 Å². The second-order valence-corrected chi connectivity index (χ2v) is 8.99. The van der Waals surface area contributed by atoms with E-state index in [1.54, 1.807) is 24.6 Å². The molecule has 1 aromatic heterocycles. The first-order chi connectivity index (χ1) is 16.6. The fourth-order valence-corrected chi connectivity index (χ4v) is 4.07. The summed E-state index contributed by atoms with van der Waals surface area (Å²) in [5.41, 5.74) is 4.69. The van der Waals surface area contributed by atoms with Gasteiger partial charge in [0.25, 0.3) is 5.56 Å². The van der Waals surface area contributed by atoms with E-state index in [1.807, 2.05) is 46.8 Å². The third-order valence-electron chi connectivity index (χ3n) is 6.36. The number of Topliss-reactive ketones (excluding diaryl/α,β-unsaturated/α-hetero) is 1. The normalized spacial score (nSPS) is 11.5. The zero-order chi connectivity index (χ0) is 25.7. The molecule has 1 heterocycles. The minimum Gasteiger partial charge on any atom is -0.542 e. The predicted octanol–water partition coefficient (Wildman–Crippen LogP) is 3.56. The Labute approximate surface area is 236 Å². The number of nitrogens with zero attached hydrogens (tertiary/aromatic N) is 1. The molecule has 36 heavy (non-hydrogen) atoms. The van der Waals surface area contributed by atoms with Gasteiger partial charge in [0.2, 0.25) is 5.91 Å². The van der Waals surface area contributed by atoms with Crippen LogP contribution in [0.15, 0.2) is 41.3 Å². The first-order valence-electron chi connectivity index (χ1n) is 11.6. The summed E-state index contributed by atoms with van der Waals surface area (Å²) in [5, 5.41) is 3.98. The molecular formula is C28H31N2O5Y-. The standard InChI is InChI=1S/C28H31N2O5.Y/c1-17-8-9-22-10-11-30(28(34)23(22)13-17)15-26(33)29-24(7-6-12-31)25(32)16-35-27-20(4)18(2)14-19(3)21(27)5;/h8-11,13-14,24H,6-7,15-16H2,1-5H3,(H,29,33);/q-1;. The Bertz CT molecular complexity index is 1320. The number of carbonyl (C=O) groups is 2. The van der Waals surface area contributed by atoms with Gasteiger partial charge in [0, 0.05) is 44.3 Å². The summed E-state index contributed by atoms with van der Waals surface area (Å²) in [6.45, 7) is 9.24. The number of aryl methyl sites for hydroxylation is 3. The maximum absolute atomic E-state index is 12.9. The summed E-state index contributed by atoms with van der Waals surface area (Å²) in [6, 6.07) is 8.48. The molecule has 1 radical (unpaired) electrons. The van der Waals surface area contributed by atoms with Crippen LogP contribution in [-0.4, -0.2) is 35.2 Å². The van der Waals surface area contributed by atoms with Crippen molar-refractivity contribution in [1.82, 2.24) is 9.88 Å². The molecule has 1 amide bonds. The molecule has 8 heteroatoms. The van der Waals surface area contributed by atoms with Crippen LogP contribution in [0.25, 0.3) is 10.8 Å². The van der Waals surface area contributed by atoms with Gasteiger partial charge >= 0.3 is 0 Å². The summed E-state index contributed by atoms with van der Waals surface area (Å²) in [5.74, 6) is -0.198. The van der Waals surface area contributed by atoms with Crippen LogP contribution < -0.4 is 15.6 Å². The molecule has 0 bridgehead atoms. The van der Waals surface area contributed by atoms with Crippen LogP contribution in [0, 0.1) is 34.6 Å². The summed E-state index contributed by atoms with van der Waals surface area (Å²) in [7, 11) is 0. The predicted molar refractivity (Wildman–Crippen MR) is 136 cm³/mol. The Hall–Kier alpha value is -2.64. The van der Waals surface area contributed by atoms with Crippen LogP contribution in [0.3, 0.4) is 0 Å². The Morgan fingerprint density at radius 2 is 1.69 bits per heavy atom. The average molecular weight is 564 g/mol. The van der Waals surface area contributed by atoms with Crippen molar-refractivity contribution < 1.29 is 51.8 Å². The average Bonchev–Trinajstić information content (AvgIpc) is 2.82. The van der Waals surface area contributed by atoms with Gasteiger partial charge in [0.1, 0.15) is 18.9 Å². The number of amides is 1. The third kappa shape index (κ3) is 6.98. The van der Waals surface area contributed by atoms with Gasteiger partial charge in [0.05, 0.1) is 6.04 Å². The SMILES string of the molecule is Cc1ccc2ccn(CC(=O)NC(CC[C-]=O)C(=O)COc3c(C)c(C)cc(C)c3C)c(=O)c2c1.[Y]. The molecule has 1 N–H and O–H groups in total. The van der Waals surface area contributed by atoms with E-state index in [2.05, 4.69) is 11.4 Å². The number of hydrogen-bond donors (Lipinski definition) is 1. The van der Waals surface area contributed by atoms with Crippen molar-refractivity contribution in [2.75, 3.05) is 6.61 Å². The van der Waals surface area contributed by atoms with E-state index in [1.165, 1.54) is 4.57 Å².